The van der Waals surface area contributed by atoms with Crippen LogP contribution in [0.5, 0.6) is 0 Å². The van der Waals surface area contributed by atoms with Crippen LogP contribution in [0, 0.1) is 19.8 Å². The van der Waals surface area contributed by atoms with Crippen LogP contribution in [0.2, 0.25) is 0 Å². The Bertz CT molecular complexity index is 597. The second-order valence-electron chi connectivity index (χ2n) is 6.22. The third-order valence-corrected chi connectivity index (χ3v) is 3.87. The molecule has 0 radical (unpaired) electrons. The van der Waals surface area contributed by atoms with E-state index >= 15 is 0 Å². The number of aromatic nitrogens is 2. The molecule has 1 heterocycles. The molecule has 114 valence electrons. The molecule has 0 saturated heterocycles. The van der Waals surface area contributed by atoms with Crippen LogP contribution in [0.1, 0.15) is 30.8 Å². The summed E-state index contributed by atoms with van der Waals surface area (Å²) < 4.78 is 1.96. The molecule has 2 aromatic rings. The third kappa shape index (κ3) is 3.94. The molecule has 3 nitrogen and oxygen atoms in total. The molecule has 0 amide bonds. The van der Waals surface area contributed by atoms with Crippen LogP contribution >= 0.6 is 0 Å². The standard InChI is InChI=1S/C18H27N3/c1-13(2)12-19-10-9-16-7-6-8-17(11-16)18-14(3)20-21(5)15(18)4/h6-8,11,13,19H,9-10,12H2,1-5H3. The summed E-state index contributed by atoms with van der Waals surface area (Å²) in [6.07, 6.45) is 1.07. The monoisotopic (exact) mass is 285 g/mol. The fourth-order valence-corrected chi connectivity index (χ4v) is 2.70. The van der Waals surface area contributed by atoms with Crippen molar-refractivity contribution in [1.29, 1.82) is 0 Å². The van der Waals surface area contributed by atoms with Crippen LogP contribution < -0.4 is 5.32 Å². The molecule has 3 heteroatoms. The molecule has 0 saturated carbocycles. The van der Waals surface area contributed by atoms with E-state index in [1.165, 1.54) is 22.4 Å². The van der Waals surface area contributed by atoms with Crippen molar-refractivity contribution >= 4 is 0 Å². The number of benzene rings is 1. The average molecular weight is 285 g/mol. The second-order valence-corrected chi connectivity index (χ2v) is 6.22. The Labute approximate surface area is 128 Å². The topological polar surface area (TPSA) is 29.9 Å². The first-order valence-corrected chi connectivity index (χ1v) is 7.79. The van der Waals surface area contributed by atoms with Crippen molar-refractivity contribution in [2.24, 2.45) is 13.0 Å². The summed E-state index contributed by atoms with van der Waals surface area (Å²) in [5.41, 5.74) is 6.26. The lowest BCUT2D eigenvalue weighted by Crippen LogP contribution is -2.22. The minimum atomic E-state index is 0.706. The van der Waals surface area contributed by atoms with Crippen LogP contribution in [0.15, 0.2) is 24.3 Å². The molecule has 0 fully saturated rings. The summed E-state index contributed by atoms with van der Waals surface area (Å²) in [5, 5.41) is 8.02. The maximum Gasteiger partial charge on any atom is 0.0674 e. The first kappa shape index (κ1) is 15.8. The summed E-state index contributed by atoms with van der Waals surface area (Å²) >= 11 is 0. The van der Waals surface area contributed by atoms with E-state index in [1.807, 2.05) is 11.7 Å². The zero-order valence-electron chi connectivity index (χ0n) is 13.9. The van der Waals surface area contributed by atoms with Gasteiger partial charge in [-0.2, -0.15) is 5.10 Å². The Balaban J connectivity index is 2.11. The van der Waals surface area contributed by atoms with E-state index in [0.29, 0.717) is 5.92 Å². The largest absolute Gasteiger partial charge is 0.316 e. The fourth-order valence-electron chi connectivity index (χ4n) is 2.70. The van der Waals surface area contributed by atoms with Gasteiger partial charge in [0.05, 0.1) is 5.69 Å². The number of hydrogen-bond acceptors (Lipinski definition) is 2. The number of nitrogens with one attached hydrogen (secondary N) is 1. The minimum absolute atomic E-state index is 0.706. The Morgan fingerprint density at radius 3 is 2.62 bits per heavy atom. The quantitative estimate of drug-likeness (QED) is 0.823. The number of nitrogens with zero attached hydrogens (tertiary/aromatic N) is 2. The van der Waals surface area contributed by atoms with E-state index in [2.05, 4.69) is 62.4 Å². The van der Waals surface area contributed by atoms with E-state index in [0.717, 1.165) is 25.2 Å². The van der Waals surface area contributed by atoms with Crippen LogP contribution in [0.25, 0.3) is 11.1 Å². The molecule has 2 rings (SSSR count). The molecular weight excluding hydrogens is 258 g/mol. The van der Waals surface area contributed by atoms with Gasteiger partial charge in [0.2, 0.25) is 0 Å². The van der Waals surface area contributed by atoms with Crippen molar-refractivity contribution < 1.29 is 0 Å². The summed E-state index contributed by atoms with van der Waals surface area (Å²) in [5.74, 6) is 0.706. The molecule has 21 heavy (non-hydrogen) atoms. The van der Waals surface area contributed by atoms with Gasteiger partial charge in [0, 0.05) is 18.3 Å². The highest BCUT2D eigenvalue weighted by Gasteiger charge is 2.11. The van der Waals surface area contributed by atoms with Gasteiger partial charge < -0.3 is 5.32 Å². The molecule has 0 aliphatic carbocycles. The van der Waals surface area contributed by atoms with Crippen molar-refractivity contribution in [2.75, 3.05) is 13.1 Å². The van der Waals surface area contributed by atoms with E-state index in [-0.39, 0.29) is 0 Å². The lowest BCUT2D eigenvalue weighted by molar-refractivity contribution is 0.554. The van der Waals surface area contributed by atoms with Gasteiger partial charge in [-0.15, -0.1) is 0 Å². The molecule has 0 aliphatic heterocycles. The molecular formula is C18H27N3. The summed E-state index contributed by atoms with van der Waals surface area (Å²) in [7, 11) is 2.01. The Hall–Kier alpha value is -1.61. The lowest BCUT2D eigenvalue weighted by atomic mass is 10.0. The Kier molecular flexibility index (Phi) is 5.18. The fraction of sp³-hybridized carbons (Fsp3) is 0.500. The zero-order chi connectivity index (χ0) is 15.4. The van der Waals surface area contributed by atoms with Gasteiger partial charge in [0.15, 0.2) is 0 Å². The van der Waals surface area contributed by atoms with Gasteiger partial charge in [-0.25, -0.2) is 0 Å². The predicted molar refractivity (Wildman–Crippen MR) is 89.5 cm³/mol. The minimum Gasteiger partial charge on any atom is -0.316 e. The predicted octanol–water partition coefficient (Wildman–Crippen LogP) is 3.49. The van der Waals surface area contributed by atoms with Crippen LogP contribution in [0.4, 0.5) is 0 Å². The van der Waals surface area contributed by atoms with Crippen LogP contribution in [-0.2, 0) is 13.5 Å². The SMILES string of the molecule is Cc1nn(C)c(C)c1-c1cccc(CCNCC(C)C)c1. The van der Waals surface area contributed by atoms with Crippen LogP contribution in [-0.4, -0.2) is 22.9 Å². The molecule has 0 unspecified atom stereocenters. The van der Waals surface area contributed by atoms with Crippen molar-refractivity contribution in [1.82, 2.24) is 15.1 Å². The van der Waals surface area contributed by atoms with Gasteiger partial charge in [-0.05, 0) is 50.4 Å². The van der Waals surface area contributed by atoms with Crippen molar-refractivity contribution in [2.45, 2.75) is 34.1 Å². The second kappa shape index (κ2) is 6.90. The molecule has 0 spiro atoms. The van der Waals surface area contributed by atoms with Crippen molar-refractivity contribution in [3.8, 4) is 11.1 Å². The number of hydrogen-bond donors (Lipinski definition) is 1. The maximum absolute atomic E-state index is 4.52. The molecule has 1 aromatic heterocycles. The van der Waals surface area contributed by atoms with Crippen LogP contribution in [0.3, 0.4) is 0 Å². The highest BCUT2D eigenvalue weighted by molar-refractivity contribution is 5.69. The van der Waals surface area contributed by atoms with E-state index in [1.54, 1.807) is 0 Å². The molecule has 1 N–H and O–H groups in total. The van der Waals surface area contributed by atoms with Gasteiger partial charge in [0.1, 0.15) is 0 Å². The highest BCUT2D eigenvalue weighted by atomic mass is 15.3. The van der Waals surface area contributed by atoms with E-state index < -0.39 is 0 Å². The Morgan fingerprint density at radius 1 is 1.24 bits per heavy atom. The molecule has 1 aromatic carbocycles. The first-order valence-electron chi connectivity index (χ1n) is 7.79. The van der Waals surface area contributed by atoms with Crippen molar-refractivity contribution in [3.05, 3.63) is 41.2 Å². The average Bonchev–Trinajstić information content (AvgIpc) is 2.68. The van der Waals surface area contributed by atoms with Gasteiger partial charge in [0.25, 0.3) is 0 Å². The van der Waals surface area contributed by atoms with E-state index in [4.69, 9.17) is 0 Å². The van der Waals surface area contributed by atoms with Gasteiger partial charge in [-0.1, -0.05) is 38.1 Å². The highest BCUT2D eigenvalue weighted by Crippen LogP contribution is 2.27. The molecule has 0 bridgehead atoms. The van der Waals surface area contributed by atoms with E-state index in [9.17, 15) is 0 Å². The number of aryl methyl sites for hydroxylation is 2. The molecule has 0 aliphatic rings. The summed E-state index contributed by atoms with van der Waals surface area (Å²) in [6.45, 7) is 10.8. The maximum atomic E-state index is 4.52. The zero-order valence-corrected chi connectivity index (χ0v) is 13.9. The lowest BCUT2D eigenvalue weighted by Gasteiger charge is -2.09. The smallest absolute Gasteiger partial charge is 0.0674 e. The molecule has 0 atom stereocenters. The van der Waals surface area contributed by atoms with Gasteiger partial charge in [-0.3, -0.25) is 4.68 Å². The first-order chi connectivity index (χ1) is 9.99. The van der Waals surface area contributed by atoms with Gasteiger partial charge >= 0.3 is 0 Å². The number of rotatable bonds is 6. The van der Waals surface area contributed by atoms with Crippen molar-refractivity contribution in [3.63, 3.8) is 0 Å². The summed E-state index contributed by atoms with van der Waals surface area (Å²) in [6, 6.07) is 8.84. The Morgan fingerprint density at radius 2 is 2.00 bits per heavy atom. The summed E-state index contributed by atoms with van der Waals surface area (Å²) in [4.78, 5) is 0. The normalized spacial score (nSPS) is 11.3. The third-order valence-electron chi connectivity index (χ3n) is 3.87.